The molecule has 11 nitrogen and oxygen atoms in total. The predicted octanol–water partition coefficient (Wildman–Crippen LogP) is 11.4. The molecule has 0 saturated carbocycles. The molecule has 1 saturated heterocycles. The van der Waals surface area contributed by atoms with Gasteiger partial charge in [-0.3, -0.25) is 24.0 Å². The molecule has 0 aliphatic carbocycles. The van der Waals surface area contributed by atoms with Crippen LogP contribution in [0.4, 0.5) is 17.6 Å². The number of hydroxylamine groups is 2. The van der Waals surface area contributed by atoms with Gasteiger partial charge in [0.25, 0.3) is 5.91 Å². The molecule has 6 aromatic rings. The molecule has 444 valence electrons. The van der Waals surface area contributed by atoms with Gasteiger partial charge in [-0.05, 0) is 152 Å². The van der Waals surface area contributed by atoms with E-state index in [4.69, 9.17) is 10.5 Å². The topological polar surface area (TPSA) is 143 Å². The molecule has 6 aromatic carbocycles. The average molecular weight is 1340 g/mol. The van der Waals surface area contributed by atoms with Gasteiger partial charge in [0.15, 0.2) is 17.3 Å². The first-order valence-corrected chi connectivity index (χ1v) is 25.9. The Balaban J connectivity index is -0.000000289. The normalized spacial score (nSPS) is 11.0. The number of Topliss-reactive ketones (excluding diaryl/α,β-unsaturated/α-hetero) is 3. The van der Waals surface area contributed by atoms with Gasteiger partial charge in [0.2, 0.25) is 0 Å². The van der Waals surface area contributed by atoms with Crippen molar-refractivity contribution in [1.29, 1.82) is 0 Å². The molecular formula is C62H84Br3F4MgN5O6. The fraction of sp³-hybridized carbons (Fsp3) is 0.339. The summed E-state index contributed by atoms with van der Waals surface area (Å²) >= 11 is 6.76. The minimum atomic E-state index is -0.435. The summed E-state index contributed by atoms with van der Waals surface area (Å²) in [5, 5.41) is 7.09. The molecule has 0 bridgehead atoms. The minimum absolute atomic E-state index is 0. The zero-order chi connectivity index (χ0) is 57.0. The van der Waals surface area contributed by atoms with Crippen LogP contribution in [0.5, 0.6) is 0 Å². The smallest absolute Gasteiger partial charge is 1.00 e. The fourth-order valence-electron chi connectivity index (χ4n) is 6.08. The third-order valence-corrected chi connectivity index (χ3v) is 11.4. The third-order valence-electron chi connectivity index (χ3n) is 10.3. The van der Waals surface area contributed by atoms with E-state index in [1.807, 2.05) is 88.5 Å². The number of carbonyl (C=O) groups is 4. The predicted molar refractivity (Wildman–Crippen MR) is 329 cm³/mol. The van der Waals surface area contributed by atoms with Crippen molar-refractivity contribution in [3.05, 3.63) is 219 Å². The van der Waals surface area contributed by atoms with Crippen LogP contribution in [-0.4, -0.2) is 125 Å². The number of benzene rings is 6. The minimum Gasteiger partial charge on any atom is -1.00 e. The van der Waals surface area contributed by atoms with Crippen LogP contribution in [0.2, 0.25) is 0 Å². The zero-order valence-corrected chi connectivity index (χ0v) is 53.1. The summed E-state index contributed by atoms with van der Waals surface area (Å²) in [5.74, 6) is -2.09. The number of rotatable bonds is 14. The quantitative estimate of drug-likeness (QED) is 0.0317. The summed E-state index contributed by atoms with van der Waals surface area (Å²) in [6.07, 6.45) is 3.33. The van der Waals surface area contributed by atoms with Crippen LogP contribution in [0, 0.1) is 30.7 Å². The molecule has 1 fully saturated rings. The Labute approximate surface area is 524 Å². The van der Waals surface area contributed by atoms with E-state index in [9.17, 15) is 36.7 Å². The molecule has 1 heterocycles. The Hall–Kier alpha value is -4.51. The van der Waals surface area contributed by atoms with E-state index >= 15 is 0 Å². The molecular weight excluding hydrogens is 1250 g/mol. The number of nitrogens with two attached hydrogens (primary N) is 1. The maximum atomic E-state index is 13.1. The number of nitrogens with one attached hydrogen (secondary N) is 2. The Morgan fingerprint density at radius 2 is 0.988 bits per heavy atom. The van der Waals surface area contributed by atoms with Crippen LogP contribution < -0.4 is 33.3 Å². The van der Waals surface area contributed by atoms with Crippen LogP contribution in [0.1, 0.15) is 126 Å². The van der Waals surface area contributed by atoms with E-state index in [0.29, 0.717) is 42.6 Å². The molecule has 0 spiro atoms. The molecule has 1 amide bonds. The molecule has 7 rings (SSSR count). The van der Waals surface area contributed by atoms with Crippen LogP contribution in [-0.2, 0) is 9.57 Å². The first-order chi connectivity index (χ1) is 36.1. The Morgan fingerprint density at radius 3 is 1.32 bits per heavy atom. The average Bonchev–Trinajstić information content (AvgIpc) is 4.00. The van der Waals surface area contributed by atoms with Crippen molar-refractivity contribution in [3.63, 3.8) is 0 Å². The number of hydrogen-bond donors (Lipinski definition) is 3. The number of nitrogens with zero attached hydrogens (tertiary/aromatic N) is 2. The Bertz CT molecular complexity index is 2610. The van der Waals surface area contributed by atoms with Crippen molar-refractivity contribution in [1.82, 2.24) is 20.6 Å². The number of carbonyl (C=O) groups excluding carboxylic acids is 4. The summed E-state index contributed by atoms with van der Waals surface area (Å²) in [5.41, 5.74) is 9.54. The van der Waals surface area contributed by atoms with Gasteiger partial charge in [-0.1, -0.05) is 113 Å². The van der Waals surface area contributed by atoms with E-state index in [1.165, 1.54) is 100 Å². The number of ether oxygens (including phenoxy) is 1. The molecule has 4 N–H and O–H groups in total. The summed E-state index contributed by atoms with van der Waals surface area (Å²) in [6.45, 7) is 8.69. The maximum Gasteiger partial charge on any atom is 2.00 e. The summed E-state index contributed by atoms with van der Waals surface area (Å²) in [6, 6.07) is 39.1. The van der Waals surface area contributed by atoms with Gasteiger partial charge in [-0.2, -0.15) is 0 Å². The Kier molecular flexibility index (Phi) is 52.7. The van der Waals surface area contributed by atoms with Crippen molar-refractivity contribution in [2.75, 3.05) is 68.7 Å². The van der Waals surface area contributed by atoms with Gasteiger partial charge in [-0.25, -0.2) is 22.6 Å². The molecule has 0 unspecified atom stereocenters. The fourth-order valence-corrected chi connectivity index (χ4v) is 6.61. The monoisotopic (exact) mass is 1330 g/mol. The molecule has 0 aromatic heterocycles. The van der Waals surface area contributed by atoms with E-state index in [0.717, 1.165) is 38.9 Å². The SMILES string of the molecule is C.C.C1CCOC1.CC(=O)c1cccc(F)c1.CN(C)CCC(=O)c1cccc(F)c1.CNC.CON(C)C(=O)c1cccc(F)c1.C[C@H](N)c1ccc(Br)cc1.C[C@H](NCCC(=O)c1cccc(F)c1)c1ccc(Br)cc1.[Br-].[CH3-].[Mg+2]. The van der Waals surface area contributed by atoms with Crippen molar-refractivity contribution < 1.29 is 63.3 Å². The van der Waals surface area contributed by atoms with Gasteiger partial charge < -0.3 is 50.4 Å². The first kappa shape index (κ1) is 85.3. The second-order valence-corrected chi connectivity index (χ2v) is 19.0. The Morgan fingerprint density at radius 1 is 0.630 bits per heavy atom. The second-order valence-electron chi connectivity index (χ2n) is 17.1. The van der Waals surface area contributed by atoms with Gasteiger partial charge in [0.1, 0.15) is 23.3 Å². The van der Waals surface area contributed by atoms with Crippen molar-refractivity contribution in [3.8, 4) is 0 Å². The second kappa shape index (κ2) is 50.0. The maximum absolute atomic E-state index is 13.1. The molecule has 0 radical (unpaired) electrons. The standard InChI is InChI=1S/C17H17BrFNO.C11H14FNO.C9H10FNO2.C8H10BrN.C8H7FO.C4H8O.C2H7N.2CH4.CH3.BrH.Mg/c1-12(13-5-7-15(18)8-6-13)20-10-9-17(21)14-3-2-4-16(19)11-14;1-13(2)7-6-11(14)9-4-3-5-10(12)8-9;1-11(13-2)9(12)7-4-3-5-8(10)6-7;1-6(10)7-2-4-8(9)5-3-7;1-6(10)7-3-2-4-8(9)5-7;1-2-4-5-3-1;1-3-2;;;;;/h2-8,11-12,20H,9-10H2,1H3;3-5,8H,6-7H2,1-2H3;3-6H,1-2H3;2-6H,10H2,1H3;2-5H,1H3;1-4H2;3H,1-2H3;2*1H4;1H3;1H;/q;;;;;;;;;-1;;+2/p-1/t12-;;;6-;;;;;;;;/m0..0......../s1. The molecule has 19 heteroatoms. The van der Waals surface area contributed by atoms with Crippen molar-refractivity contribution in [2.45, 2.75) is 73.4 Å². The molecule has 2 atom stereocenters. The van der Waals surface area contributed by atoms with Crippen molar-refractivity contribution in [2.24, 2.45) is 5.73 Å². The number of halogens is 7. The number of hydrogen-bond acceptors (Lipinski definition) is 10. The van der Waals surface area contributed by atoms with Crippen LogP contribution in [0.3, 0.4) is 0 Å². The van der Waals surface area contributed by atoms with E-state index in [1.54, 1.807) is 30.3 Å². The van der Waals surface area contributed by atoms with Crippen LogP contribution in [0.15, 0.2) is 155 Å². The van der Waals surface area contributed by atoms with E-state index < -0.39 is 5.82 Å². The van der Waals surface area contributed by atoms with Gasteiger partial charge >= 0.3 is 23.1 Å². The first-order valence-electron chi connectivity index (χ1n) is 24.3. The van der Waals surface area contributed by atoms with Gasteiger partial charge in [0.05, 0.1) is 7.11 Å². The van der Waals surface area contributed by atoms with E-state index in [-0.39, 0.29) is 121 Å². The summed E-state index contributed by atoms with van der Waals surface area (Å²) in [7, 11) is 10.4. The summed E-state index contributed by atoms with van der Waals surface area (Å²) < 4.78 is 58.0. The van der Waals surface area contributed by atoms with Crippen molar-refractivity contribution >= 4 is 78.2 Å². The van der Waals surface area contributed by atoms with Gasteiger partial charge in [0, 0.05) is 89.5 Å². The van der Waals surface area contributed by atoms with E-state index in [2.05, 4.69) is 54.3 Å². The molecule has 81 heavy (non-hydrogen) atoms. The summed E-state index contributed by atoms with van der Waals surface area (Å²) in [4.78, 5) is 52.0. The molecule has 1 aliphatic rings. The number of ketones is 3. The van der Waals surface area contributed by atoms with Crippen LogP contribution >= 0.6 is 31.9 Å². The third kappa shape index (κ3) is 39.6. The zero-order valence-electron chi connectivity index (χ0n) is 46.9. The largest absolute Gasteiger partial charge is 2.00 e. The van der Waals surface area contributed by atoms with Gasteiger partial charge in [-0.15, -0.1) is 0 Å². The molecule has 1 aliphatic heterocycles. The number of amides is 1. The van der Waals surface area contributed by atoms with Crippen LogP contribution in [0.25, 0.3) is 0 Å².